The smallest absolute Gasteiger partial charge is 0.409 e. The van der Waals surface area contributed by atoms with Crippen LogP contribution in [0.1, 0.15) is 43.6 Å². The van der Waals surface area contributed by atoms with Crippen molar-refractivity contribution in [3.05, 3.63) is 42.1 Å². The van der Waals surface area contributed by atoms with Crippen molar-refractivity contribution in [1.29, 1.82) is 0 Å². The third kappa shape index (κ3) is 8.95. The Balaban J connectivity index is 1.46. The van der Waals surface area contributed by atoms with Crippen LogP contribution in [-0.2, 0) is 23.9 Å². The molecular formula is C30H39N7O9. The highest BCUT2D eigenvalue weighted by atomic mass is 16.6. The molecule has 2 fully saturated rings. The predicted octanol–water partition coefficient (Wildman–Crippen LogP) is 0.252. The van der Waals surface area contributed by atoms with E-state index in [0.29, 0.717) is 25.2 Å². The summed E-state index contributed by atoms with van der Waals surface area (Å²) < 4.78 is 12.2. The zero-order valence-electron chi connectivity index (χ0n) is 25.8. The summed E-state index contributed by atoms with van der Waals surface area (Å²) >= 11 is 0. The number of aliphatic carboxylic acids is 1. The van der Waals surface area contributed by atoms with E-state index in [0.717, 1.165) is 0 Å². The van der Waals surface area contributed by atoms with Crippen LogP contribution in [0, 0.1) is 0 Å². The third-order valence-corrected chi connectivity index (χ3v) is 7.57. The van der Waals surface area contributed by atoms with Crippen molar-refractivity contribution in [2.75, 3.05) is 52.5 Å². The molecule has 248 valence electrons. The minimum absolute atomic E-state index is 0.103. The molecule has 2 aliphatic rings. The molecule has 3 heterocycles. The molecule has 46 heavy (non-hydrogen) atoms. The maximum atomic E-state index is 13.4. The van der Waals surface area contributed by atoms with Gasteiger partial charge in [-0.15, -0.1) is 0 Å². The molecule has 0 radical (unpaired) electrons. The van der Waals surface area contributed by atoms with Crippen molar-refractivity contribution < 1.29 is 43.3 Å². The lowest BCUT2D eigenvalue weighted by Gasteiger charge is -2.35. The lowest BCUT2D eigenvalue weighted by atomic mass is 10.1. The monoisotopic (exact) mass is 641 g/mol. The molecule has 0 saturated carbocycles. The fourth-order valence-electron chi connectivity index (χ4n) is 5.25. The van der Waals surface area contributed by atoms with E-state index in [2.05, 4.69) is 15.7 Å². The van der Waals surface area contributed by atoms with E-state index in [1.165, 1.54) is 27.5 Å². The van der Waals surface area contributed by atoms with Crippen molar-refractivity contribution in [2.45, 2.75) is 45.2 Å². The highest BCUT2D eigenvalue weighted by Crippen LogP contribution is 2.21. The van der Waals surface area contributed by atoms with Crippen LogP contribution in [0.3, 0.4) is 0 Å². The summed E-state index contributed by atoms with van der Waals surface area (Å²) in [4.78, 5) is 79.1. The molecule has 0 bridgehead atoms. The Morgan fingerprint density at radius 2 is 1.70 bits per heavy atom. The Morgan fingerprint density at radius 3 is 2.35 bits per heavy atom. The van der Waals surface area contributed by atoms with Gasteiger partial charge in [0, 0.05) is 64.7 Å². The Hall–Kier alpha value is -5.15. The Morgan fingerprint density at radius 1 is 1.00 bits per heavy atom. The third-order valence-electron chi connectivity index (χ3n) is 7.57. The molecule has 1 unspecified atom stereocenters. The van der Waals surface area contributed by atoms with E-state index in [4.69, 9.17) is 9.47 Å². The predicted molar refractivity (Wildman–Crippen MR) is 161 cm³/mol. The molecule has 2 atom stereocenters. The summed E-state index contributed by atoms with van der Waals surface area (Å²) in [5, 5.41) is 19.1. The molecule has 4 rings (SSSR count). The second-order valence-electron chi connectivity index (χ2n) is 10.9. The maximum absolute atomic E-state index is 13.4. The number of rotatable bonds is 12. The zero-order valence-corrected chi connectivity index (χ0v) is 25.8. The maximum Gasteiger partial charge on any atom is 0.409 e. The number of hydrogen-bond acceptors (Lipinski definition) is 9. The molecule has 2 aromatic rings. The van der Waals surface area contributed by atoms with Crippen LogP contribution < -0.4 is 15.4 Å². The number of para-hydroxylation sites is 1. The number of ether oxygens (including phenoxy) is 2. The quantitative estimate of drug-likeness (QED) is 0.289. The molecule has 16 heteroatoms. The minimum Gasteiger partial charge on any atom is -0.481 e. The molecule has 1 aromatic heterocycles. The van der Waals surface area contributed by atoms with Crippen LogP contribution in [0.5, 0.6) is 5.88 Å². The number of piperazine rings is 1. The van der Waals surface area contributed by atoms with Gasteiger partial charge < -0.3 is 39.9 Å². The number of carbonyl (C=O) groups is 6. The van der Waals surface area contributed by atoms with E-state index in [-0.39, 0.29) is 81.7 Å². The number of benzene rings is 1. The second-order valence-corrected chi connectivity index (χ2v) is 10.9. The number of amides is 5. The van der Waals surface area contributed by atoms with Crippen molar-refractivity contribution >= 4 is 35.7 Å². The number of nitrogens with zero attached hydrogens (tertiary/aromatic N) is 5. The van der Waals surface area contributed by atoms with Gasteiger partial charge in [-0.1, -0.05) is 18.2 Å². The standard InChI is InChI=1S/C30H39N7O9/c1-3-45-30(44)35-15-13-34(14-16-35)29(43)23(9-10-27(40)41)32-28(42)24-17-26(37(33-24)22-7-5-4-6-8-22)46-19-25(39)36-12-11-21(18-36)31-20(2)38/h4-8,17,21,23H,3,9-16,18-19H2,1-2H3,(H,31,38)(H,32,42)(H,40,41)/t21?,23-/m0/s1. The van der Waals surface area contributed by atoms with Crippen molar-refractivity contribution in [2.24, 2.45) is 0 Å². The van der Waals surface area contributed by atoms with Gasteiger partial charge in [-0.2, -0.15) is 5.10 Å². The first-order valence-electron chi connectivity index (χ1n) is 15.1. The first-order chi connectivity index (χ1) is 22.0. The van der Waals surface area contributed by atoms with Gasteiger partial charge in [-0.25, -0.2) is 9.48 Å². The largest absolute Gasteiger partial charge is 0.481 e. The van der Waals surface area contributed by atoms with Crippen LogP contribution in [0.15, 0.2) is 36.4 Å². The van der Waals surface area contributed by atoms with Gasteiger partial charge >= 0.3 is 12.1 Å². The number of nitrogens with one attached hydrogen (secondary N) is 2. The van der Waals surface area contributed by atoms with E-state index in [9.17, 15) is 33.9 Å². The van der Waals surface area contributed by atoms with E-state index in [1.807, 2.05) is 0 Å². The highest BCUT2D eigenvalue weighted by molar-refractivity contribution is 5.96. The molecule has 1 aromatic carbocycles. The van der Waals surface area contributed by atoms with E-state index < -0.39 is 29.9 Å². The van der Waals surface area contributed by atoms with Gasteiger partial charge in [-0.05, 0) is 31.9 Å². The number of carboxylic acid groups (broad SMARTS) is 1. The summed E-state index contributed by atoms with van der Waals surface area (Å²) in [5.41, 5.74) is 0.437. The average molecular weight is 642 g/mol. The number of carbonyl (C=O) groups excluding carboxylic acids is 5. The lowest BCUT2D eigenvalue weighted by Crippen LogP contribution is -2.56. The van der Waals surface area contributed by atoms with Gasteiger partial charge in [0.2, 0.25) is 17.7 Å². The molecule has 16 nitrogen and oxygen atoms in total. The molecule has 2 aliphatic heterocycles. The summed E-state index contributed by atoms with van der Waals surface area (Å²) in [5.74, 6) is -2.72. The van der Waals surface area contributed by atoms with Gasteiger partial charge in [0.25, 0.3) is 11.8 Å². The number of carboxylic acids is 1. The first kappa shape index (κ1) is 33.7. The molecular weight excluding hydrogens is 602 g/mol. The normalized spacial score (nSPS) is 16.8. The second kappa shape index (κ2) is 15.7. The Kier molecular flexibility index (Phi) is 11.5. The van der Waals surface area contributed by atoms with Crippen LogP contribution in [0.4, 0.5) is 4.79 Å². The number of likely N-dealkylation sites (tertiary alicyclic amines) is 1. The zero-order chi connectivity index (χ0) is 33.2. The van der Waals surface area contributed by atoms with Gasteiger partial charge in [0.05, 0.1) is 12.3 Å². The topological polar surface area (TPSA) is 193 Å². The van der Waals surface area contributed by atoms with Crippen molar-refractivity contribution in [3.63, 3.8) is 0 Å². The van der Waals surface area contributed by atoms with Gasteiger partial charge in [0.15, 0.2) is 12.3 Å². The van der Waals surface area contributed by atoms with Crippen LogP contribution in [0.25, 0.3) is 5.69 Å². The molecule has 3 N–H and O–H groups in total. The summed E-state index contributed by atoms with van der Waals surface area (Å²) in [7, 11) is 0. The average Bonchev–Trinajstić information content (AvgIpc) is 3.69. The fraction of sp³-hybridized carbons (Fsp3) is 0.500. The van der Waals surface area contributed by atoms with Crippen molar-refractivity contribution in [1.82, 2.24) is 35.1 Å². The molecule has 5 amide bonds. The fourth-order valence-corrected chi connectivity index (χ4v) is 5.25. The van der Waals surface area contributed by atoms with Crippen LogP contribution in [-0.4, -0.2) is 130 Å². The van der Waals surface area contributed by atoms with E-state index >= 15 is 0 Å². The summed E-state index contributed by atoms with van der Waals surface area (Å²) in [6, 6.07) is 8.84. The Labute approximate surface area is 265 Å². The Bertz CT molecular complexity index is 1420. The molecule has 0 spiro atoms. The number of aromatic nitrogens is 2. The van der Waals surface area contributed by atoms with Crippen LogP contribution >= 0.6 is 0 Å². The van der Waals surface area contributed by atoms with Crippen LogP contribution in [0.2, 0.25) is 0 Å². The SMILES string of the molecule is CCOC(=O)N1CCN(C(=O)[C@H](CCC(=O)O)NC(=O)c2cc(OCC(=O)N3CCC(NC(C)=O)C3)n(-c3ccccc3)n2)CC1. The summed E-state index contributed by atoms with van der Waals surface area (Å²) in [6.45, 7) is 4.66. The lowest BCUT2D eigenvalue weighted by molar-refractivity contribution is -0.138. The summed E-state index contributed by atoms with van der Waals surface area (Å²) in [6.07, 6.45) is -0.382. The molecule has 2 saturated heterocycles. The van der Waals surface area contributed by atoms with E-state index in [1.54, 1.807) is 42.2 Å². The van der Waals surface area contributed by atoms with Gasteiger partial charge in [-0.3, -0.25) is 24.0 Å². The number of hydrogen-bond donors (Lipinski definition) is 3. The minimum atomic E-state index is -1.17. The van der Waals surface area contributed by atoms with Gasteiger partial charge in [0.1, 0.15) is 6.04 Å². The first-order valence-corrected chi connectivity index (χ1v) is 15.1. The van der Waals surface area contributed by atoms with Crippen molar-refractivity contribution in [3.8, 4) is 11.6 Å². The highest BCUT2D eigenvalue weighted by Gasteiger charge is 2.32. The molecule has 0 aliphatic carbocycles.